The molecule has 0 spiro atoms. The van der Waals surface area contributed by atoms with Crippen LogP contribution in [0.25, 0.3) is 0 Å². The smallest absolute Gasteiger partial charge is 0.194 e. The minimum atomic E-state index is 0.545. The van der Waals surface area contributed by atoms with Crippen molar-refractivity contribution in [2.45, 2.75) is 26.3 Å². The van der Waals surface area contributed by atoms with Gasteiger partial charge in [-0.1, -0.05) is 11.6 Å². The van der Waals surface area contributed by atoms with Gasteiger partial charge in [0, 0.05) is 19.6 Å². The lowest BCUT2D eigenvalue weighted by Gasteiger charge is -2.21. The van der Waals surface area contributed by atoms with Crippen LogP contribution in [0.4, 0.5) is 0 Å². The SMILES string of the molecule is CCNC(=NCc1cc(Cl)c2c(c1)OCCO2)N1CCCC1. The lowest BCUT2D eigenvalue weighted by atomic mass is 10.2. The summed E-state index contributed by atoms with van der Waals surface area (Å²) in [6.07, 6.45) is 2.47. The molecule has 3 rings (SSSR count). The second-order valence-corrected chi connectivity index (χ2v) is 5.87. The zero-order chi connectivity index (χ0) is 15.4. The van der Waals surface area contributed by atoms with E-state index in [0.29, 0.717) is 30.5 Å². The second kappa shape index (κ2) is 7.09. The maximum atomic E-state index is 6.27. The van der Waals surface area contributed by atoms with E-state index < -0.39 is 0 Å². The number of hydrogen-bond acceptors (Lipinski definition) is 3. The van der Waals surface area contributed by atoms with Gasteiger partial charge in [-0.2, -0.15) is 0 Å². The van der Waals surface area contributed by atoms with Crippen LogP contribution in [-0.2, 0) is 6.54 Å². The van der Waals surface area contributed by atoms with Gasteiger partial charge in [0.05, 0.1) is 11.6 Å². The maximum Gasteiger partial charge on any atom is 0.194 e. The topological polar surface area (TPSA) is 46.1 Å². The van der Waals surface area contributed by atoms with Crippen molar-refractivity contribution in [2.75, 3.05) is 32.8 Å². The number of rotatable bonds is 3. The van der Waals surface area contributed by atoms with Crippen molar-refractivity contribution in [1.82, 2.24) is 10.2 Å². The Morgan fingerprint density at radius 1 is 1.27 bits per heavy atom. The summed E-state index contributed by atoms with van der Waals surface area (Å²) >= 11 is 6.27. The molecule has 1 aromatic carbocycles. The van der Waals surface area contributed by atoms with E-state index in [0.717, 1.165) is 36.9 Å². The number of aliphatic imine (C=N–C) groups is 1. The molecule has 0 atom stereocenters. The maximum absolute atomic E-state index is 6.27. The molecule has 2 aliphatic rings. The molecule has 1 saturated heterocycles. The Balaban J connectivity index is 1.76. The minimum absolute atomic E-state index is 0.545. The molecular weight excluding hydrogens is 302 g/mol. The molecule has 1 fully saturated rings. The van der Waals surface area contributed by atoms with Crippen molar-refractivity contribution in [3.8, 4) is 11.5 Å². The number of nitrogens with zero attached hydrogens (tertiary/aromatic N) is 2. The first-order chi connectivity index (χ1) is 10.8. The Labute approximate surface area is 136 Å². The van der Waals surface area contributed by atoms with E-state index in [1.165, 1.54) is 12.8 Å². The molecule has 5 nitrogen and oxygen atoms in total. The van der Waals surface area contributed by atoms with E-state index in [1.807, 2.05) is 12.1 Å². The molecule has 2 aliphatic heterocycles. The van der Waals surface area contributed by atoms with Crippen molar-refractivity contribution in [1.29, 1.82) is 0 Å². The highest BCUT2D eigenvalue weighted by atomic mass is 35.5. The van der Waals surface area contributed by atoms with Crippen molar-refractivity contribution in [3.63, 3.8) is 0 Å². The van der Waals surface area contributed by atoms with Crippen LogP contribution >= 0.6 is 11.6 Å². The Morgan fingerprint density at radius 2 is 2.05 bits per heavy atom. The fraction of sp³-hybridized carbons (Fsp3) is 0.562. The molecule has 0 aliphatic carbocycles. The lowest BCUT2D eigenvalue weighted by molar-refractivity contribution is 0.171. The van der Waals surface area contributed by atoms with Gasteiger partial charge in [-0.15, -0.1) is 0 Å². The molecule has 0 bridgehead atoms. The highest BCUT2D eigenvalue weighted by Gasteiger charge is 2.18. The van der Waals surface area contributed by atoms with Gasteiger partial charge in [0.2, 0.25) is 0 Å². The molecule has 0 radical (unpaired) electrons. The van der Waals surface area contributed by atoms with Gasteiger partial charge in [0.25, 0.3) is 0 Å². The monoisotopic (exact) mass is 323 g/mol. The Morgan fingerprint density at radius 3 is 2.82 bits per heavy atom. The number of fused-ring (bicyclic) bond motifs is 1. The summed E-state index contributed by atoms with van der Waals surface area (Å²) in [5.74, 6) is 2.34. The van der Waals surface area contributed by atoms with Gasteiger partial charge in [0.15, 0.2) is 17.5 Å². The third-order valence-corrected chi connectivity index (χ3v) is 4.09. The van der Waals surface area contributed by atoms with Crippen molar-refractivity contribution in [2.24, 2.45) is 4.99 Å². The summed E-state index contributed by atoms with van der Waals surface area (Å²) in [4.78, 5) is 7.04. The van der Waals surface area contributed by atoms with Crippen molar-refractivity contribution < 1.29 is 9.47 Å². The summed E-state index contributed by atoms with van der Waals surface area (Å²) in [6, 6.07) is 3.88. The first kappa shape index (κ1) is 15.3. The fourth-order valence-electron chi connectivity index (χ4n) is 2.78. The van der Waals surface area contributed by atoms with Crippen molar-refractivity contribution in [3.05, 3.63) is 22.7 Å². The highest BCUT2D eigenvalue weighted by Crippen LogP contribution is 2.38. The normalized spacial score (nSPS) is 17.7. The average Bonchev–Trinajstić information content (AvgIpc) is 3.06. The van der Waals surface area contributed by atoms with Gasteiger partial charge in [-0.25, -0.2) is 4.99 Å². The van der Waals surface area contributed by atoms with Crippen LogP contribution in [0.3, 0.4) is 0 Å². The molecular formula is C16H22ClN3O2. The number of nitrogens with one attached hydrogen (secondary N) is 1. The van der Waals surface area contributed by atoms with Crippen LogP contribution in [0.2, 0.25) is 5.02 Å². The number of halogens is 1. The summed E-state index contributed by atoms with van der Waals surface area (Å²) in [6.45, 7) is 6.80. The third-order valence-electron chi connectivity index (χ3n) is 3.81. The molecule has 0 amide bonds. The lowest BCUT2D eigenvalue weighted by Crippen LogP contribution is -2.39. The standard InChI is InChI=1S/C16H22ClN3O2/c1-2-18-16(20-5-3-4-6-20)19-11-12-9-13(17)15-14(10-12)21-7-8-22-15/h9-10H,2-8,11H2,1H3,(H,18,19). The fourth-order valence-corrected chi connectivity index (χ4v) is 3.06. The van der Waals surface area contributed by atoms with E-state index in [-0.39, 0.29) is 0 Å². The predicted octanol–water partition coefficient (Wildman–Crippen LogP) is 2.67. The van der Waals surface area contributed by atoms with E-state index >= 15 is 0 Å². The summed E-state index contributed by atoms with van der Waals surface area (Å²) in [7, 11) is 0. The van der Waals surface area contributed by atoms with Gasteiger partial charge >= 0.3 is 0 Å². The Hall–Kier alpha value is -1.62. The number of hydrogen-bond donors (Lipinski definition) is 1. The highest BCUT2D eigenvalue weighted by molar-refractivity contribution is 6.32. The van der Waals surface area contributed by atoms with Gasteiger partial charge in [0.1, 0.15) is 13.2 Å². The molecule has 0 saturated carbocycles. The van der Waals surface area contributed by atoms with E-state index in [9.17, 15) is 0 Å². The number of guanidine groups is 1. The van der Waals surface area contributed by atoms with Crippen LogP contribution in [0.5, 0.6) is 11.5 Å². The second-order valence-electron chi connectivity index (χ2n) is 5.47. The molecule has 120 valence electrons. The Bertz CT molecular complexity index is 557. The first-order valence-corrected chi connectivity index (χ1v) is 8.27. The van der Waals surface area contributed by atoms with E-state index in [4.69, 9.17) is 26.1 Å². The molecule has 1 N–H and O–H groups in total. The minimum Gasteiger partial charge on any atom is -0.486 e. The molecule has 6 heteroatoms. The Kier molecular flexibility index (Phi) is 4.93. The van der Waals surface area contributed by atoms with Gasteiger partial charge in [-0.05, 0) is 37.5 Å². The predicted molar refractivity (Wildman–Crippen MR) is 88.1 cm³/mol. The summed E-state index contributed by atoms with van der Waals surface area (Å²) < 4.78 is 11.2. The molecule has 0 unspecified atom stereocenters. The van der Waals surface area contributed by atoms with Crippen molar-refractivity contribution >= 4 is 17.6 Å². The van der Waals surface area contributed by atoms with Gasteiger partial charge < -0.3 is 19.7 Å². The van der Waals surface area contributed by atoms with E-state index in [2.05, 4.69) is 17.1 Å². The molecule has 2 heterocycles. The third kappa shape index (κ3) is 3.40. The molecule has 1 aromatic rings. The van der Waals surface area contributed by atoms with Crippen LogP contribution in [-0.4, -0.2) is 43.7 Å². The summed E-state index contributed by atoms with van der Waals surface area (Å²) in [5, 5.41) is 3.95. The zero-order valence-electron chi connectivity index (χ0n) is 12.9. The number of ether oxygens (including phenoxy) is 2. The molecule has 0 aromatic heterocycles. The summed E-state index contributed by atoms with van der Waals surface area (Å²) in [5.41, 5.74) is 1.03. The number of benzene rings is 1. The average molecular weight is 324 g/mol. The van der Waals surface area contributed by atoms with Crippen LogP contribution in [0, 0.1) is 0 Å². The molecule has 22 heavy (non-hydrogen) atoms. The zero-order valence-corrected chi connectivity index (χ0v) is 13.7. The van der Waals surface area contributed by atoms with Crippen LogP contribution in [0.15, 0.2) is 17.1 Å². The van der Waals surface area contributed by atoms with Crippen LogP contribution in [0.1, 0.15) is 25.3 Å². The van der Waals surface area contributed by atoms with Crippen LogP contribution < -0.4 is 14.8 Å². The largest absolute Gasteiger partial charge is 0.486 e. The first-order valence-electron chi connectivity index (χ1n) is 7.89. The quantitative estimate of drug-likeness (QED) is 0.686. The van der Waals surface area contributed by atoms with Gasteiger partial charge in [-0.3, -0.25) is 0 Å². The van der Waals surface area contributed by atoms with E-state index in [1.54, 1.807) is 0 Å². The number of likely N-dealkylation sites (tertiary alicyclic amines) is 1.